The third kappa shape index (κ3) is 3.56. The number of hydrogen-bond acceptors (Lipinski definition) is 6. The van der Waals surface area contributed by atoms with Crippen molar-refractivity contribution in [3.63, 3.8) is 0 Å². The maximum absolute atomic E-state index is 12.9. The minimum absolute atomic E-state index is 0.248. The van der Waals surface area contributed by atoms with Gasteiger partial charge in [0, 0.05) is 5.02 Å². The number of carbonyl (C=O) groups excluding carboxylic acids is 3. The molecule has 2 heterocycles. The number of carbonyl (C=O) groups is 3. The third-order valence-electron chi connectivity index (χ3n) is 4.65. The van der Waals surface area contributed by atoms with Crippen LogP contribution in [0.25, 0.3) is 0 Å². The summed E-state index contributed by atoms with van der Waals surface area (Å²) in [6.45, 7) is 1.64. The Morgan fingerprint density at radius 3 is 2.52 bits per heavy atom. The molecule has 29 heavy (non-hydrogen) atoms. The van der Waals surface area contributed by atoms with Crippen LogP contribution in [0.2, 0.25) is 10.0 Å². The molecule has 0 aliphatic carbocycles. The van der Waals surface area contributed by atoms with E-state index in [9.17, 15) is 14.4 Å². The van der Waals surface area contributed by atoms with Gasteiger partial charge in [-0.05, 0) is 48.9 Å². The van der Waals surface area contributed by atoms with Gasteiger partial charge in [-0.15, -0.1) is 0 Å². The first-order chi connectivity index (χ1) is 13.8. The molecule has 2 aliphatic heterocycles. The predicted molar refractivity (Wildman–Crippen MR) is 108 cm³/mol. The van der Waals surface area contributed by atoms with Crippen molar-refractivity contribution in [2.45, 2.75) is 19.0 Å². The van der Waals surface area contributed by atoms with Crippen molar-refractivity contribution in [3.8, 4) is 0 Å². The Balaban J connectivity index is 1.49. The number of rotatable bonds is 4. The number of nitrogens with zero attached hydrogens (tertiary/aromatic N) is 4. The van der Waals surface area contributed by atoms with Crippen LogP contribution >= 0.6 is 23.2 Å². The largest absolute Gasteiger partial charge is 0.323 e. The summed E-state index contributed by atoms with van der Waals surface area (Å²) in [5.74, 6) is -1.41. The van der Waals surface area contributed by atoms with Crippen molar-refractivity contribution in [1.82, 2.24) is 5.01 Å². The van der Waals surface area contributed by atoms with E-state index in [1.165, 1.54) is 5.01 Å². The molecule has 2 aromatic rings. The van der Waals surface area contributed by atoms with Gasteiger partial charge in [0.1, 0.15) is 6.54 Å². The molecule has 2 aromatic carbocycles. The molecule has 0 radical (unpaired) electrons. The molecule has 1 saturated heterocycles. The lowest BCUT2D eigenvalue weighted by Crippen LogP contribution is -2.43. The number of aryl methyl sites for hydroxylation is 1. The van der Waals surface area contributed by atoms with Gasteiger partial charge in [-0.1, -0.05) is 34.5 Å². The number of benzene rings is 2. The Bertz CT molecular complexity index is 1040. The van der Waals surface area contributed by atoms with Crippen LogP contribution in [0.15, 0.2) is 52.8 Å². The van der Waals surface area contributed by atoms with Crippen LogP contribution in [0.5, 0.6) is 0 Å². The minimum atomic E-state index is -0.978. The minimum Gasteiger partial charge on any atom is -0.323 e. The third-order valence-corrected chi connectivity index (χ3v) is 5.21. The number of anilines is 2. The molecule has 2 unspecified atom stereocenters. The zero-order valence-corrected chi connectivity index (χ0v) is 16.7. The van der Waals surface area contributed by atoms with Crippen molar-refractivity contribution in [2.24, 2.45) is 10.3 Å². The monoisotopic (exact) mass is 431 g/mol. The lowest BCUT2D eigenvalue weighted by Gasteiger charge is -2.20. The van der Waals surface area contributed by atoms with E-state index in [1.54, 1.807) is 36.4 Å². The molecule has 0 saturated carbocycles. The Labute approximate surface area is 176 Å². The molecule has 0 bridgehead atoms. The fraction of sp³-hybridized carbons (Fsp3) is 0.211. The van der Waals surface area contributed by atoms with Crippen LogP contribution in [-0.2, 0) is 14.4 Å². The van der Waals surface area contributed by atoms with Crippen LogP contribution in [0.3, 0.4) is 0 Å². The van der Waals surface area contributed by atoms with Crippen LogP contribution < -0.4 is 10.2 Å². The van der Waals surface area contributed by atoms with E-state index in [2.05, 4.69) is 15.7 Å². The standard InChI is InChI=1S/C19H15Cl2N5O3/c1-10-2-7-14(13(21)8-10)22-15(27)9-25-17-16(23-24-25)18(28)26(19(17)29)12-5-3-11(20)4-6-12/h2-8,16-17H,9H2,1H3,(H,22,27). The molecular formula is C19H15Cl2N5O3. The molecule has 1 fully saturated rings. The number of imide groups is 1. The molecule has 8 nitrogen and oxygen atoms in total. The normalized spacial score (nSPS) is 20.4. The van der Waals surface area contributed by atoms with Crippen LogP contribution in [0.1, 0.15) is 5.56 Å². The second-order valence-corrected chi connectivity index (χ2v) is 7.56. The number of hydrogen-bond donors (Lipinski definition) is 1. The van der Waals surface area contributed by atoms with E-state index in [1.807, 2.05) is 13.0 Å². The number of fused-ring (bicyclic) bond motifs is 1. The lowest BCUT2D eigenvalue weighted by atomic mass is 10.1. The molecule has 4 rings (SSSR count). The summed E-state index contributed by atoms with van der Waals surface area (Å²) in [4.78, 5) is 39.0. The summed E-state index contributed by atoms with van der Waals surface area (Å²) < 4.78 is 0. The van der Waals surface area contributed by atoms with Crippen molar-refractivity contribution in [3.05, 3.63) is 58.1 Å². The number of halogens is 2. The van der Waals surface area contributed by atoms with Gasteiger partial charge < -0.3 is 5.32 Å². The summed E-state index contributed by atoms with van der Waals surface area (Å²) in [5.41, 5.74) is 1.80. The first-order valence-corrected chi connectivity index (χ1v) is 9.47. The van der Waals surface area contributed by atoms with Gasteiger partial charge in [-0.3, -0.25) is 19.4 Å². The van der Waals surface area contributed by atoms with Gasteiger partial charge in [0.25, 0.3) is 11.8 Å². The molecular weight excluding hydrogens is 417 g/mol. The first-order valence-electron chi connectivity index (χ1n) is 8.72. The molecule has 2 atom stereocenters. The van der Waals surface area contributed by atoms with Crippen LogP contribution in [0.4, 0.5) is 11.4 Å². The smallest absolute Gasteiger partial charge is 0.263 e. The number of nitrogens with one attached hydrogen (secondary N) is 1. The molecule has 3 amide bonds. The molecule has 10 heteroatoms. The molecule has 0 aromatic heterocycles. The zero-order valence-electron chi connectivity index (χ0n) is 15.2. The topological polar surface area (TPSA) is 94.4 Å². The maximum Gasteiger partial charge on any atom is 0.263 e. The van der Waals surface area contributed by atoms with Crippen molar-refractivity contribution in [2.75, 3.05) is 16.8 Å². The SMILES string of the molecule is Cc1ccc(NC(=O)CN2N=NC3C(=O)N(c4ccc(Cl)cc4)C(=O)C32)c(Cl)c1. The Morgan fingerprint density at radius 2 is 1.83 bits per heavy atom. The zero-order chi connectivity index (χ0) is 20.7. The summed E-state index contributed by atoms with van der Waals surface area (Å²) in [5, 5.41) is 12.5. The van der Waals surface area contributed by atoms with Gasteiger partial charge in [0.2, 0.25) is 5.91 Å². The van der Waals surface area contributed by atoms with E-state index >= 15 is 0 Å². The summed E-state index contributed by atoms with van der Waals surface area (Å²) >= 11 is 12.0. The van der Waals surface area contributed by atoms with E-state index in [4.69, 9.17) is 23.2 Å². The highest BCUT2D eigenvalue weighted by molar-refractivity contribution is 6.33. The summed E-state index contributed by atoms with van der Waals surface area (Å²) in [6.07, 6.45) is 0. The van der Waals surface area contributed by atoms with Gasteiger partial charge >= 0.3 is 0 Å². The Hall–Kier alpha value is -2.97. The lowest BCUT2D eigenvalue weighted by molar-refractivity contribution is -0.123. The average Bonchev–Trinajstić information content (AvgIpc) is 3.19. The average molecular weight is 432 g/mol. The maximum atomic E-state index is 12.9. The summed E-state index contributed by atoms with van der Waals surface area (Å²) in [6, 6.07) is 9.62. The second-order valence-electron chi connectivity index (χ2n) is 6.71. The predicted octanol–water partition coefficient (Wildman–Crippen LogP) is 3.23. The fourth-order valence-corrected chi connectivity index (χ4v) is 3.67. The highest BCUT2D eigenvalue weighted by Gasteiger charge is 2.55. The second kappa shape index (κ2) is 7.46. The van der Waals surface area contributed by atoms with Gasteiger partial charge in [0.05, 0.1) is 16.4 Å². The van der Waals surface area contributed by atoms with E-state index in [-0.39, 0.29) is 6.54 Å². The van der Waals surface area contributed by atoms with Crippen LogP contribution in [-0.4, -0.2) is 41.4 Å². The highest BCUT2D eigenvalue weighted by Crippen LogP contribution is 2.32. The number of amides is 3. The molecule has 1 N–H and O–H groups in total. The van der Waals surface area contributed by atoms with Crippen molar-refractivity contribution >= 4 is 52.3 Å². The van der Waals surface area contributed by atoms with Gasteiger partial charge in [0.15, 0.2) is 12.1 Å². The molecule has 0 spiro atoms. The Kier molecular flexibility index (Phi) is 4.97. The van der Waals surface area contributed by atoms with Crippen molar-refractivity contribution in [1.29, 1.82) is 0 Å². The van der Waals surface area contributed by atoms with Crippen LogP contribution in [0, 0.1) is 6.92 Å². The molecule has 148 valence electrons. The highest BCUT2D eigenvalue weighted by atomic mass is 35.5. The van der Waals surface area contributed by atoms with Gasteiger partial charge in [-0.25, -0.2) is 4.90 Å². The Morgan fingerprint density at radius 1 is 1.10 bits per heavy atom. The van der Waals surface area contributed by atoms with E-state index in [0.717, 1.165) is 10.5 Å². The van der Waals surface area contributed by atoms with E-state index in [0.29, 0.717) is 21.4 Å². The quantitative estimate of drug-likeness (QED) is 0.751. The first kappa shape index (κ1) is 19.4. The van der Waals surface area contributed by atoms with Gasteiger partial charge in [-0.2, -0.15) is 5.11 Å². The fourth-order valence-electron chi connectivity index (χ4n) is 3.26. The van der Waals surface area contributed by atoms with E-state index < -0.39 is 29.8 Å². The van der Waals surface area contributed by atoms with Crippen molar-refractivity contribution < 1.29 is 14.4 Å². The molecule has 2 aliphatic rings. The summed E-state index contributed by atoms with van der Waals surface area (Å²) in [7, 11) is 0.